The number of hydrogen-bond acceptors (Lipinski definition) is 6. The smallest absolute Gasteiger partial charge is 0.260 e. The van der Waals surface area contributed by atoms with Crippen molar-refractivity contribution in [2.24, 2.45) is 5.92 Å². The number of rotatable bonds is 7. The van der Waals surface area contributed by atoms with E-state index in [1.54, 1.807) is 0 Å². The highest BCUT2D eigenvalue weighted by molar-refractivity contribution is 5.88. The number of ether oxygens (including phenoxy) is 1. The van der Waals surface area contributed by atoms with Crippen LogP contribution in [0.4, 0.5) is 5.82 Å². The molecule has 2 aromatic carbocycles. The maximum atomic E-state index is 12.9. The molecule has 1 aliphatic rings. The molecule has 36 heavy (non-hydrogen) atoms. The molecule has 0 radical (unpaired) electrons. The Balaban J connectivity index is 1.37. The Morgan fingerprint density at radius 2 is 1.69 bits per heavy atom. The largest absolute Gasteiger partial charge is 0.484 e. The van der Waals surface area contributed by atoms with Crippen molar-refractivity contribution in [2.75, 3.05) is 37.7 Å². The highest BCUT2D eigenvalue weighted by Crippen LogP contribution is 2.27. The van der Waals surface area contributed by atoms with Gasteiger partial charge in [0, 0.05) is 32.6 Å². The molecule has 1 fully saturated rings. The molecule has 0 atom stereocenters. The second-order valence-corrected chi connectivity index (χ2v) is 9.51. The van der Waals surface area contributed by atoms with Crippen LogP contribution in [0.1, 0.15) is 26.1 Å². The zero-order chi connectivity index (χ0) is 24.9. The van der Waals surface area contributed by atoms with E-state index < -0.39 is 0 Å². The number of hydrogen-bond donors (Lipinski definition) is 0. The van der Waals surface area contributed by atoms with Gasteiger partial charge in [0.15, 0.2) is 12.3 Å². The molecule has 0 unspecified atom stereocenters. The monoisotopic (exact) mass is 484 g/mol. The third-order valence-electron chi connectivity index (χ3n) is 6.30. The van der Waals surface area contributed by atoms with Gasteiger partial charge in [0.1, 0.15) is 17.4 Å². The van der Waals surface area contributed by atoms with E-state index >= 15 is 0 Å². The predicted octanol–water partition coefficient (Wildman–Crippen LogP) is 4.13. The van der Waals surface area contributed by atoms with Gasteiger partial charge >= 0.3 is 0 Å². The molecule has 0 N–H and O–H groups in total. The van der Waals surface area contributed by atoms with Crippen LogP contribution in [0.5, 0.6) is 5.75 Å². The normalized spacial score (nSPS) is 14.3. The molecule has 0 saturated carbocycles. The van der Waals surface area contributed by atoms with Crippen molar-refractivity contribution in [3.63, 3.8) is 0 Å². The van der Waals surface area contributed by atoms with Gasteiger partial charge < -0.3 is 14.5 Å². The Hall–Kier alpha value is -3.94. The predicted molar refractivity (Wildman–Crippen MR) is 141 cm³/mol. The van der Waals surface area contributed by atoms with Crippen LogP contribution in [-0.2, 0) is 11.2 Å². The summed E-state index contributed by atoms with van der Waals surface area (Å²) in [5.74, 6) is 2.86. The summed E-state index contributed by atoms with van der Waals surface area (Å²) in [6.07, 6.45) is 3.51. The van der Waals surface area contributed by atoms with Crippen LogP contribution in [0.25, 0.3) is 16.7 Å². The van der Waals surface area contributed by atoms with Gasteiger partial charge in [-0.05, 0) is 36.6 Å². The second kappa shape index (κ2) is 10.8. The van der Waals surface area contributed by atoms with Gasteiger partial charge in [-0.1, -0.05) is 50.2 Å². The molecule has 2 aromatic heterocycles. The third kappa shape index (κ3) is 5.32. The van der Waals surface area contributed by atoms with Crippen LogP contribution in [0.15, 0.2) is 66.9 Å². The molecule has 186 valence electrons. The van der Waals surface area contributed by atoms with E-state index in [0.717, 1.165) is 47.7 Å². The summed E-state index contributed by atoms with van der Waals surface area (Å²) in [6, 6.07) is 19.5. The molecule has 3 heterocycles. The Morgan fingerprint density at radius 3 is 2.44 bits per heavy atom. The topological polar surface area (TPSA) is 76.4 Å². The average Bonchev–Trinajstić information content (AvgIpc) is 3.16. The van der Waals surface area contributed by atoms with Gasteiger partial charge in [-0.25, -0.2) is 14.6 Å². The quantitative estimate of drug-likeness (QED) is 0.393. The number of benzene rings is 2. The van der Waals surface area contributed by atoms with E-state index in [-0.39, 0.29) is 12.5 Å². The molecular weight excluding hydrogens is 452 g/mol. The number of carbonyl (C=O) groups excluding carboxylic acids is 1. The maximum Gasteiger partial charge on any atom is 0.260 e. The third-order valence-corrected chi connectivity index (χ3v) is 6.30. The Kier molecular flexibility index (Phi) is 7.11. The minimum Gasteiger partial charge on any atom is -0.484 e. The highest BCUT2D eigenvalue weighted by Gasteiger charge is 2.24. The maximum absolute atomic E-state index is 12.9. The van der Waals surface area contributed by atoms with Gasteiger partial charge in [0.05, 0.1) is 17.3 Å². The molecule has 0 bridgehead atoms. The lowest BCUT2D eigenvalue weighted by atomic mass is 10.1. The zero-order valence-electron chi connectivity index (χ0n) is 20.9. The second-order valence-electron chi connectivity index (χ2n) is 9.51. The van der Waals surface area contributed by atoms with E-state index in [2.05, 4.69) is 23.8 Å². The van der Waals surface area contributed by atoms with Gasteiger partial charge in [-0.2, -0.15) is 5.10 Å². The van der Waals surface area contributed by atoms with E-state index in [9.17, 15) is 4.79 Å². The first-order chi connectivity index (χ1) is 17.6. The highest BCUT2D eigenvalue weighted by atomic mass is 16.5. The van der Waals surface area contributed by atoms with Crippen molar-refractivity contribution < 1.29 is 9.53 Å². The molecule has 1 amide bonds. The zero-order valence-corrected chi connectivity index (χ0v) is 20.9. The molecule has 0 aliphatic carbocycles. The number of nitrogens with zero attached hydrogens (tertiary/aromatic N) is 6. The lowest BCUT2D eigenvalue weighted by molar-refractivity contribution is -0.133. The minimum absolute atomic E-state index is 0.00549. The number of anilines is 1. The average molecular weight is 485 g/mol. The standard InChI is InChI=1S/C28H32N6O2/c1-21(2)18-25-30-27(24-19-29-34(28(24)31-25)22-10-5-3-6-11-22)33-15-9-14-32(16-17-33)26(35)20-36-23-12-7-4-8-13-23/h3-8,10-13,19,21H,9,14-18,20H2,1-2H3. The fourth-order valence-corrected chi connectivity index (χ4v) is 4.52. The van der Waals surface area contributed by atoms with Crippen LogP contribution < -0.4 is 9.64 Å². The number of para-hydroxylation sites is 2. The fraction of sp³-hybridized carbons (Fsp3) is 0.357. The summed E-state index contributed by atoms with van der Waals surface area (Å²) in [7, 11) is 0. The Labute approximate surface area is 211 Å². The van der Waals surface area contributed by atoms with Crippen molar-refractivity contribution in [3.8, 4) is 11.4 Å². The lowest BCUT2D eigenvalue weighted by Crippen LogP contribution is -2.38. The summed E-state index contributed by atoms with van der Waals surface area (Å²) < 4.78 is 7.58. The molecule has 1 saturated heterocycles. The molecule has 5 rings (SSSR count). The van der Waals surface area contributed by atoms with Crippen LogP contribution in [-0.4, -0.2) is 63.3 Å². The van der Waals surface area contributed by atoms with Crippen LogP contribution in [0, 0.1) is 5.92 Å². The van der Waals surface area contributed by atoms with Gasteiger partial charge in [-0.3, -0.25) is 4.79 Å². The van der Waals surface area contributed by atoms with Crippen LogP contribution >= 0.6 is 0 Å². The van der Waals surface area contributed by atoms with Crippen molar-refractivity contribution in [1.29, 1.82) is 0 Å². The molecule has 8 nitrogen and oxygen atoms in total. The fourth-order valence-electron chi connectivity index (χ4n) is 4.52. The van der Waals surface area contributed by atoms with Gasteiger partial charge in [-0.15, -0.1) is 0 Å². The first-order valence-corrected chi connectivity index (χ1v) is 12.6. The summed E-state index contributed by atoms with van der Waals surface area (Å²) in [5.41, 5.74) is 1.79. The van der Waals surface area contributed by atoms with E-state index in [4.69, 9.17) is 14.7 Å². The Bertz CT molecular complexity index is 1310. The SMILES string of the molecule is CC(C)Cc1nc(N2CCCN(C(=O)COc3ccccc3)CC2)c2cnn(-c3ccccc3)c2n1. The first-order valence-electron chi connectivity index (χ1n) is 12.6. The molecule has 8 heteroatoms. The summed E-state index contributed by atoms with van der Waals surface area (Å²) in [5, 5.41) is 5.60. The van der Waals surface area contributed by atoms with Crippen LogP contribution in [0.3, 0.4) is 0 Å². The molecular formula is C28H32N6O2. The number of aromatic nitrogens is 4. The molecule has 4 aromatic rings. The lowest BCUT2D eigenvalue weighted by Gasteiger charge is -2.24. The van der Waals surface area contributed by atoms with E-state index in [1.807, 2.05) is 76.4 Å². The van der Waals surface area contributed by atoms with E-state index in [1.165, 1.54) is 0 Å². The molecule has 1 aliphatic heterocycles. The van der Waals surface area contributed by atoms with Gasteiger partial charge in [0.25, 0.3) is 5.91 Å². The van der Waals surface area contributed by atoms with Crippen molar-refractivity contribution in [1.82, 2.24) is 24.6 Å². The van der Waals surface area contributed by atoms with Crippen molar-refractivity contribution >= 4 is 22.8 Å². The summed E-state index contributed by atoms with van der Waals surface area (Å²) >= 11 is 0. The number of amides is 1. The van der Waals surface area contributed by atoms with Crippen molar-refractivity contribution in [2.45, 2.75) is 26.7 Å². The summed E-state index contributed by atoms with van der Waals surface area (Å²) in [4.78, 5) is 26.9. The first kappa shape index (κ1) is 23.8. The number of carbonyl (C=O) groups is 1. The Morgan fingerprint density at radius 1 is 0.944 bits per heavy atom. The summed E-state index contributed by atoms with van der Waals surface area (Å²) in [6.45, 7) is 7.22. The molecule has 0 spiro atoms. The van der Waals surface area contributed by atoms with E-state index in [0.29, 0.717) is 31.3 Å². The number of fused-ring (bicyclic) bond motifs is 1. The minimum atomic E-state index is 0.00549. The van der Waals surface area contributed by atoms with Crippen molar-refractivity contribution in [3.05, 3.63) is 72.7 Å². The van der Waals surface area contributed by atoms with Crippen LogP contribution in [0.2, 0.25) is 0 Å². The van der Waals surface area contributed by atoms with Gasteiger partial charge in [0.2, 0.25) is 0 Å².